The fraction of sp³-hybridized carbons (Fsp3) is 0.231. The normalized spacial score (nSPS) is 10.0. The van der Waals surface area contributed by atoms with Gasteiger partial charge in [0, 0.05) is 25.0 Å². The predicted molar refractivity (Wildman–Crippen MR) is 76.8 cm³/mol. The van der Waals surface area contributed by atoms with Crippen LogP contribution in [0.3, 0.4) is 0 Å². The smallest absolute Gasteiger partial charge is 0.231 e. The number of terminal acetylenes is 1. The lowest BCUT2D eigenvalue weighted by molar-refractivity contribution is -0.118. The lowest BCUT2D eigenvalue weighted by Gasteiger charge is -2.03. The number of carbonyl (C=O) groups excluding carboxylic acids is 1. The molecule has 0 radical (unpaired) electrons. The predicted octanol–water partition coefficient (Wildman–Crippen LogP) is 0.719. The van der Waals surface area contributed by atoms with Gasteiger partial charge >= 0.3 is 0 Å². The SMILES string of the molecule is C#CCNC(=O)CSc1nnc(-c2ccncc2)n1C. The summed E-state index contributed by atoms with van der Waals surface area (Å²) in [5.74, 6) is 3.22. The number of aromatic nitrogens is 4. The number of rotatable bonds is 5. The second-order valence-electron chi connectivity index (χ2n) is 3.87. The Morgan fingerprint density at radius 2 is 2.20 bits per heavy atom. The Balaban J connectivity index is 2.03. The van der Waals surface area contributed by atoms with E-state index in [4.69, 9.17) is 6.42 Å². The van der Waals surface area contributed by atoms with Crippen LogP contribution in [-0.4, -0.2) is 38.0 Å². The van der Waals surface area contributed by atoms with Crippen molar-refractivity contribution in [1.82, 2.24) is 25.1 Å². The fourth-order valence-electron chi connectivity index (χ4n) is 1.52. The van der Waals surface area contributed by atoms with Crippen molar-refractivity contribution in [1.29, 1.82) is 0 Å². The molecule has 2 rings (SSSR count). The molecule has 0 bridgehead atoms. The van der Waals surface area contributed by atoms with Crippen LogP contribution in [0, 0.1) is 12.3 Å². The Morgan fingerprint density at radius 1 is 1.45 bits per heavy atom. The van der Waals surface area contributed by atoms with Gasteiger partial charge in [-0.25, -0.2) is 0 Å². The molecule has 0 saturated heterocycles. The molecular formula is C13H13N5OS. The zero-order valence-electron chi connectivity index (χ0n) is 10.9. The highest BCUT2D eigenvalue weighted by Gasteiger charge is 2.12. The van der Waals surface area contributed by atoms with Gasteiger partial charge in [-0.15, -0.1) is 16.6 Å². The van der Waals surface area contributed by atoms with Crippen molar-refractivity contribution in [3.05, 3.63) is 24.5 Å². The zero-order chi connectivity index (χ0) is 14.4. The molecule has 0 aliphatic rings. The van der Waals surface area contributed by atoms with E-state index in [1.54, 1.807) is 12.4 Å². The van der Waals surface area contributed by atoms with Gasteiger partial charge in [0.1, 0.15) is 0 Å². The van der Waals surface area contributed by atoms with Crippen molar-refractivity contribution >= 4 is 17.7 Å². The summed E-state index contributed by atoms with van der Waals surface area (Å²) in [5, 5.41) is 11.5. The summed E-state index contributed by atoms with van der Waals surface area (Å²) >= 11 is 1.31. The number of thioether (sulfide) groups is 1. The number of hydrogen-bond acceptors (Lipinski definition) is 5. The third kappa shape index (κ3) is 3.36. The quantitative estimate of drug-likeness (QED) is 0.648. The van der Waals surface area contributed by atoms with Gasteiger partial charge in [-0.3, -0.25) is 9.78 Å². The molecule has 0 saturated carbocycles. The molecule has 0 spiro atoms. The molecular weight excluding hydrogens is 274 g/mol. The number of pyridine rings is 1. The highest BCUT2D eigenvalue weighted by Crippen LogP contribution is 2.21. The van der Waals surface area contributed by atoms with Crippen LogP contribution in [0.1, 0.15) is 0 Å². The van der Waals surface area contributed by atoms with E-state index in [1.807, 2.05) is 23.7 Å². The molecule has 0 aliphatic heterocycles. The van der Waals surface area contributed by atoms with Gasteiger partial charge in [-0.05, 0) is 12.1 Å². The highest BCUT2D eigenvalue weighted by molar-refractivity contribution is 7.99. The van der Waals surface area contributed by atoms with Crippen LogP contribution >= 0.6 is 11.8 Å². The van der Waals surface area contributed by atoms with Gasteiger partial charge in [-0.2, -0.15) is 0 Å². The molecule has 1 amide bonds. The molecule has 2 aromatic rings. The maximum atomic E-state index is 11.5. The zero-order valence-corrected chi connectivity index (χ0v) is 11.7. The van der Waals surface area contributed by atoms with E-state index in [2.05, 4.69) is 26.4 Å². The van der Waals surface area contributed by atoms with Crippen LogP contribution in [0.4, 0.5) is 0 Å². The van der Waals surface area contributed by atoms with Gasteiger partial charge in [0.05, 0.1) is 12.3 Å². The summed E-state index contributed by atoms with van der Waals surface area (Å²) in [6.45, 7) is 0.237. The summed E-state index contributed by atoms with van der Waals surface area (Å²) in [6.07, 6.45) is 8.47. The molecule has 2 heterocycles. The van der Waals surface area contributed by atoms with Crippen LogP contribution in [-0.2, 0) is 11.8 Å². The Morgan fingerprint density at radius 3 is 2.90 bits per heavy atom. The van der Waals surface area contributed by atoms with E-state index in [9.17, 15) is 4.79 Å². The molecule has 0 aromatic carbocycles. The number of carbonyl (C=O) groups is 1. The monoisotopic (exact) mass is 287 g/mol. The Labute approximate surface area is 121 Å². The lowest BCUT2D eigenvalue weighted by Crippen LogP contribution is -2.25. The van der Waals surface area contributed by atoms with E-state index in [-0.39, 0.29) is 18.2 Å². The minimum atomic E-state index is -0.124. The minimum absolute atomic E-state index is 0.124. The van der Waals surface area contributed by atoms with Crippen LogP contribution < -0.4 is 5.32 Å². The molecule has 20 heavy (non-hydrogen) atoms. The molecule has 6 nitrogen and oxygen atoms in total. The number of hydrogen-bond donors (Lipinski definition) is 1. The summed E-state index contributed by atoms with van der Waals surface area (Å²) in [5.41, 5.74) is 0.929. The number of nitrogens with zero attached hydrogens (tertiary/aromatic N) is 4. The minimum Gasteiger partial charge on any atom is -0.344 e. The average Bonchev–Trinajstić information content (AvgIpc) is 2.85. The van der Waals surface area contributed by atoms with E-state index in [0.717, 1.165) is 11.4 Å². The first-order valence-corrected chi connectivity index (χ1v) is 6.83. The van der Waals surface area contributed by atoms with Crippen molar-refractivity contribution < 1.29 is 4.79 Å². The van der Waals surface area contributed by atoms with Gasteiger partial charge < -0.3 is 9.88 Å². The first-order chi connectivity index (χ1) is 9.72. The van der Waals surface area contributed by atoms with Crippen LogP contribution in [0.5, 0.6) is 0 Å². The molecule has 2 aromatic heterocycles. The highest BCUT2D eigenvalue weighted by atomic mass is 32.2. The molecule has 1 N–H and O–H groups in total. The maximum absolute atomic E-state index is 11.5. The summed E-state index contributed by atoms with van der Waals surface area (Å²) in [4.78, 5) is 15.4. The Hall–Kier alpha value is -2.33. The Bertz CT molecular complexity index is 632. The van der Waals surface area contributed by atoms with Crippen LogP contribution in [0.2, 0.25) is 0 Å². The Kier molecular flexibility index (Phi) is 4.74. The third-order valence-electron chi connectivity index (χ3n) is 2.49. The van der Waals surface area contributed by atoms with E-state index in [0.29, 0.717) is 5.16 Å². The van der Waals surface area contributed by atoms with Crippen molar-refractivity contribution in [2.24, 2.45) is 7.05 Å². The van der Waals surface area contributed by atoms with E-state index >= 15 is 0 Å². The van der Waals surface area contributed by atoms with Crippen molar-refractivity contribution in [3.63, 3.8) is 0 Å². The van der Waals surface area contributed by atoms with E-state index < -0.39 is 0 Å². The summed E-state index contributed by atoms with van der Waals surface area (Å²) in [6, 6.07) is 3.72. The first kappa shape index (κ1) is 14.1. The molecule has 7 heteroatoms. The second kappa shape index (κ2) is 6.73. The van der Waals surface area contributed by atoms with Crippen molar-refractivity contribution in [3.8, 4) is 23.7 Å². The van der Waals surface area contributed by atoms with Gasteiger partial charge in [0.2, 0.25) is 5.91 Å². The standard InChI is InChI=1S/C13H13N5OS/c1-3-6-15-11(19)9-20-13-17-16-12(18(13)2)10-4-7-14-8-5-10/h1,4-5,7-8H,6,9H2,2H3,(H,15,19). The topological polar surface area (TPSA) is 72.7 Å². The molecule has 0 atom stereocenters. The van der Waals surface area contributed by atoms with Gasteiger partial charge in [-0.1, -0.05) is 17.7 Å². The van der Waals surface area contributed by atoms with Crippen molar-refractivity contribution in [2.45, 2.75) is 5.16 Å². The van der Waals surface area contributed by atoms with Crippen LogP contribution in [0.25, 0.3) is 11.4 Å². The van der Waals surface area contributed by atoms with Gasteiger partial charge in [0.15, 0.2) is 11.0 Å². The molecule has 0 aliphatic carbocycles. The average molecular weight is 287 g/mol. The number of nitrogens with one attached hydrogen (secondary N) is 1. The van der Waals surface area contributed by atoms with Gasteiger partial charge in [0.25, 0.3) is 0 Å². The summed E-state index contributed by atoms with van der Waals surface area (Å²) < 4.78 is 1.84. The number of amides is 1. The van der Waals surface area contributed by atoms with Crippen LogP contribution in [0.15, 0.2) is 29.7 Å². The summed E-state index contributed by atoms with van der Waals surface area (Å²) in [7, 11) is 1.86. The first-order valence-electron chi connectivity index (χ1n) is 5.85. The molecule has 0 fully saturated rings. The molecule has 102 valence electrons. The lowest BCUT2D eigenvalue weighted by atomic mass is 10.2. The fourth-order valence-corrected chi connectivity index (χ4v) is 2.26. The van der Waals surface area contributed by atoms with E-state index in [1.165, 1.54) is 11.8 Å². The maximum Gasteiger partial charge on any atom is 0.231 e. The second-order valence-corrected chi connectivity index (χ2v) is 4.81. The largest absolute Gasteiger partial charge is 0.344 e. The van der Waals surface area contributed by atoms with Crippen molar-refractivity contribution in [2.75, 3.05) is 12.3 Å². The third-order valence-corrected chi connectivity index (χ3v) is 3.51. The molecule has 0 unspecified atom stereocenters.